The highest BCUT2D eigenvalue weighted by atomic mass is 16.5. The zero-order chi connectivity index (χ0) is 23.4. The minimum Gasteiger partial charge on any atom is -0.375 e. The number of hydrogen-bond acceptors (Lipinski definition) is 6. The van der Waals surface area contributed by atoms with Gasteiger partial charge in [-0.25, -0.2) is 9.97 Å². The van der Waals surface area contributed by atoms with E-state index in [1.54, 1.807) is 18.3 Å². The summed E-state index contributed by atoms with van der Waals surface area (Å²) in [6.45, 7) is 3.18. The maximum Gasteiger partial charge on any atom is 0.252 e. The Labute approximate surface area is 199 Å². The number of carbonyl (C=O) groups is 1. The van der Waals surface area contributed by atoms with Crippen LogP contribution < -0.4 is 15.5 Å². The molecule has 1 amide bonds. The molecule has 34 heavy (non-hydrogen) atoms. The molecule has 0 atom stereocenters. The van der Waals surface area contributed by atoms with E-state index in [4.69, 9.17) is 11.2 Å². The molecule has 0 radical (unpaired) electrons. The van der Waals surface area contributed by atoms with E-state index in [0.29, 0.717) is 11.5 Å². The fraction of sp³-hybridized carbons (Fsp3) is 0.296. The molecule has 0 bridgehead atoms. The molecule has 0 unspecified atom stereocenters. The lowest BCUT2D eigenvalue weighted by molar-refractivity contribution is -0.158. The van der Waals surface area contributed by atoms with Crippen LogP contribution in [0, 0.1) is 12.3 Å². The van der Waals surface area contributed by atoms with Crippen LogP contribution in [0.4, 0.5) is 17.3 Å². The van der Waals surface area contributed by atoms with Crippen molar-refractivity contribution in [2.24, 2.45) is 0 Å². The molecule has 1 aromatic heterocycles. The first kappa shape index (κ1) is 21.9. The number of anilines is 3. The van der Waals surface area contributed by atoms with Crippen molar-refractivity contribution in [2.45, 2.75) is 24.9 Å². The summed E-state index contributed by atoms with van der Waals surface area (Å²) in [4.78, 5) is 23.4. The molecule has 2 aliphatic heterocycles. The summed E-state index contributed by atoms with van der Waals surface area (Å²) in [5.74, 6) is 2.72. The van der Waals surface area contributed by atoms with Gasteiger partial charge >= 0.3 is 0 Å². The van der Waals surface area contributed by atoms with Crippen LogP contribution >= 0.6 is 0 Å². The van der Waals surface area contributed by atoms with Crippen molar-refractivity contribution in [3.8, 4) is 23.6 Å². The number of amides is 1. The highest BCUT2D eigenvalue weighted by Gasteiger charge is 2.41. The van der Waals surface area contributed by atoms with E-state index in [2.05, 4.69) is 55.7 Å². The Morgan fingerprint density at radius 2 is 1.79 bits per heavy atom. The SMILES string of the molecule is C#CCNC(=O)c1ccc(-c2ccnc(Nc3ccc(N4CCC5(CCO5)CC4)cc3)n2)cc1. The normalized spacial score (nSPS) is 16.4. The number of ether oxygens (including phenoxy) is 1. The van der Waals surface area contributed by atoms with E-state index in [0.717, 1.165) is 49.5 Å². The second-order valence-electron chi connectivity index (χ2n) is 8.67. The molecule has 3 aromatic rings. The molecule has 7 heteroatoms. The van der Waals surface area contributed by atoms with Crippen molar-refractivity contribution >= 4 is 23.2 Å². The second kappa shape index (κ2) is 9.54. The lowest BCUT2D eigenvalue weighted by Gasteiger charge is -2.48. The average molecular weight is 454 g/mol. The Kier molecular flexibility index (Phi) is 6.15. The first-order chi connectivity index (χ1) is 16.6. The minimum atomic E-state index is -0.196. The molecule has 2 aliphatic rings. The van der Waals surface area contributed by atoms with Gasteiger partial charge in [-0.05, 0) is 61.7 Å². The van der Waals surface area contributed by atoms with E-state index in [-0.39, 0.29) is 18.1 Å². The Balaban J connectivity index is 1.22. The molecule has 2 aromatic carbocycles. The lowest BCUT2D eigenvalue weighted by Crippen LogP contribution is -2.52. The molecule has 2 N–H and O–H groups in total. The molecule has 172 valence electrons. The smallest absolute Gasteiger partial charge is 0.252 e. The number of piperidine rings is 1. The predicted octanol–water partition coefficient (Wildman–Crippen LogP) is 4.01. The topological polar surface area (TPSA) is 79.4 Å². The van der Waals surface area contributed by atoms with Gasteiger partial charge in [0.05, 0.1) is 24.4 Å². The minimum absolute atomic E-state index is 0.162. The van der Waals surface area contributed by atoms with E-state index >= 15 is 0 Å². The summed E-state index contributed by atoms with van der Waals surface area (Å²) in [6, 6.07) is 17.5. The zero-order valence-electron chi connectivity index (χ0n) is 19.0. The van der Waals surface area contributed by atoms with Gasteiger partial charge in [0.15, 0.2) is 0 Å². The monoisotopic (exact) mass is 453 g/mol. The van der Waals surface area contributed by atoms with Crippen molar-refractivity contribution in [1.82, 2.24) is 15.3 Å². The summed E-state index contributed by atoms with van der Waals surface area (Å²) in [6.07, 6.45) is 10.3. The van der Waals surface area contributed by atoms with Crippen LogP contribution in [0.5, 0.6) is 0 Å². The third-order valence-corrected chi connectivity index (χ3v) is 6.58. The van der Waals surface area contributed by atoms with Crippen molar-refractivity contribution in [2.75, 3.05) is 36.5 Å². The summed E-state index contributed by atoms with van der Waals surface area (Å²) in [5, 5.41) is 5.94. The van der Waals surface area contributed by atoms with E-state index in [1.807, 2.05) is 18.2 Å². The number of nitrogens with zero attached hydrogens (tertiary/aromatic N) is 3. The number of nitrogens with one attached hydrogen (secondary N) is 2. The number of terminal acetylenes is 1. The largest absolute Gasteiger partial charge is 0.375 e. The van der Waals surface area contributed by atoms with Gasteiger partial charge in [-0.15, -0.1) is 6.42 Å². The van der Waals surface area contributed by atoms with Crippen LogP contribution in [0.3, 0.4) is 0 Å². The Morgan fingerprint density at radius 3 is 2.44 bits per heavy atom. The second-order valence-corrected chi connectivity index (χ2v) is 8.67. The number of carbonyl (C=O) groups excluding carboxylic acids is 1. The molecule has 0 saturated carbocycles. The molecule has 2 fully saturated rings. The maximum absolute atomic E-state index is 12.0. The summed E-state index contributed by atoms with van der Waals surface area (Å²) < 4.78 is 5.83. The fourth-order valence-electron chi connectivity index (χ4n) is 4.45. The zero-order valence-corrected chi connectivity index (χ0v) is 19.0. The van der Waals surface area contributed by atoms with Crippen LogP contribution in [0.15, 0.2) is 60.8 Å². The first-order valence-electron chi connectivity index (χ1n) is 11.6. The number of benzene rings is 2. The van der Waals surface area contributed by atoms with Crippen molar-refractivity contribution in [3.05, 3.63) is 66.4 Å². The van der Waals surface area contributed by atoms with Crippen molar-refractivity contribution < 1.29 is 9.53 Å². The number of aromatic nitrogens is 2. The highest BCUT2D eigenvalue weighted by molar-refractivity contribution is 5.94. The van der Waals surface area contributed by atoms with E-state index < -0.39 is 0 Å². The fourth-order valence-corrected chi connectivity index (χ4v) is 4.45. The van der Waals surface area contributed by atoms with Gasteiger partial charge in [0.2, 0.25) is 5.95 Å². The molecule has 0 aliphatic carbocycles. The van der Waals surface area contributed by atoms with Gasteiger partial charge in [0.25, 0.3) is 5.91 Å². The Hall–Kier alpha value is -3.89. The molecule has 1 spiro atoms. The van der Waals surface area contributed by atoms with Crippen LogP contribution in [0.1, 0.15) is 29.6 Å². The molecule has 5 rings (SSSR count). The maximum atomic E-state index is 12.0. The van der Waals surface area contributed by atoms with Gasteiger partial charge in [-0.3, -0.25) is 4.79 Å². The third-order valence-electron chi connectivity index (χ3n) is 6.58. The van der Waals surface area contributed by atoms with Crippen molar-refractivity contribution in [1.29, 1.82) is 0 Å². The Bertz CT molecular complexity index is 1190. The summed E-state index contributed by atoms with van der Waals surface area (Å²) in [7, 11) is 0. The van der Waals surface area contributed by atoms with Gasteiger partial charge in [0.1, 0.15) is 0 Å². The van der Waals surface area contributed by atoms with Crippen LogP contribution in [-0.4, -0.2) is 47.7 Å². The standard InChI is InChI=1S/C27H27N5O2/c1-2-15-28-25(33)21-5-3-20(4-6-21)24-11-16-29-26(31-24)30-22-7-9-23(10-8-22)32-17-12-27(13-18-32)14-19-34-27/h1,3-11,16H,12-15,17-19H2,(H,28,33)(H,29,30,31). The predicted molar refractivity (Wildman–Crippen MR) is 133 cm³/mol. The van der Waals surface area contributed by atoms with Gasteiger partial charge in [-0.1, -0.05) is 18.1 Å². The number of rotatable bonds is 6. The summed E-state index contributed by atoms with van der Waals surface area (Å²) >= 11 is 0. The molecular weight excluding hydrogens is 426 g/mol. The Morgan fingerprint density at radius 1 is 1.06 bits per heavy atom. The van der Waals surface area contributed by atoms with Crippen LogP contribution in [0.25, 0.3) is 11.3 Å². The van der Waals surface area contributed by atoms with Gasteiger partial charge < -0.3 is 20.3 Å². The highest BCUT2D eigenvalue weighted by Crippen LogP contribution is 2.38. The van der Waals surface area contributed by atoms with Gasteiger partial charge in [-0.2, -0.15) is 0 Å². The van der Waals surface area contributed by atoms with E-state index in [1.165, 1.54) is 12.1 Å². The van der Waals surface area contributed by atoms with Crippen molar-refractivity contribution in [3.63, 3.8) is 0 Å². The van der Waals surface area contributed by atoms with Crippen LogP contribution in [0.2, 0.25) is 0 Å². The van der Waals surface area contributed by atoms with E-state index in [9.17, 15) is 4.79 Å². The number of hydrogen-bond donors (Lipinski definition) is 2. The van der Waals surface area contributed by atoms with Gasteiger partial charge in [0, 0.05) is 41.8 Å². The molecule has 7 nitrogen and oxygen atoms in total. The van der Waals surface area contributed by atoms with Crippen LogP contribution in [-0.2, 0) is 4.74 Å². The lowest BCUT2D eigenvalue weighted by atomic mass is 9.84. The summed E-state index contributed by atoms with van der Waals surface area (Å²) in [5.41, 5.74) is 4.53. The molecule has 3 heterocycles. The third kappa shape index (κ3) is 4.73. The molecule has 2 saturated heterocycles. The molecular formula is C27H27N5O2. The first-order valence-corrected chi connectivity index (χ1v) is 11.6. The quantitative estimate of drug-likeness (QED) is 0.549. The average Bonchev–Trinajstić information content (AvgIpc) is 2.87.